The monoisotopic (exact) mass is 478 g/mol. The standard InChI is InChI=1S/C25H29F3N2O2S/c1-16(29-33(31,32)18-10-11-18)21-14-30(15-24(2,3)4)23-13-17(9-12-20(21)23)19-7-5-6-8-22(19)25(26,27)28/h5-9,12-14,16,18,29H,10-11,15H2,1-4H3/t16-/m1/s1. The van der Waals surface area contributed by atoms with E-state index < -0.39 is 27.8 Å². The third kappa shape index (κ3) is 5.11. The molecule has 8 heteroatoms. The molecular formula is C25H29F3N2O2S. The van der Waals surface area contributed by atoms with Crippen molar-refractivity contribution in [2.45, 2.75) is 64.5 Å². The van der Waals surface area contributed by atoms with Crippen LogP contribution in [0.3, 0.4) is 0 Å². The van der Waals surface area contributed by atoms with E-state index in [1.807, 2.05) is 17.7 Å². The second-order valence-corrected chi connectivity index (χ2v) is 12.1. The summed E-state index contributed by atoms with van der Waals surface area (Å²) in [4.78, 5) is 0. The van der Waals surface area contributed by atoms with E-state index in [2.05, 4.69) is 25.5 Å². The van der Waals surface area contributed by atoms with Gasteiger partial charge in [-0.05, 0) is 54.0 Å². The van der Waals surface area contributed by atoms with Crippen LogP contribution < -0.4 is 4.72 Å². The Morgan fingerprint density at radius 2 is 1.76 bits per heavy atom. The van der Waals surface area contributed by atoms with Crippen LogP contribution in [0.1, 0.15) is 57.7 Å². The predicted molar refractivity (Wildman–Crippen MR) is 125 cm³/mol. The Morgan fingerprint density at radius 3 is 2.36 bits per heavy atom. The van der Waals surface area contributed by atoms with E-state index in [0.717, 1.165) is 22.5 Å². The molecule has 0 unspecified atom stereocenters. The molecule has 0 aliphatic heterocycles. The highest BCUT2D eigenvalue weighted by Crippen LogP contribution is 2.39. The molecule has 0 bridgehead atoms. The van der Waals surface area contributed by atoms with Gasteiger partial charge in [-0.25, -0.2) is 13.1 Å². The molecule has 1 aromatic heterocycles. The Labute approximate surface area is 192 Å². The van der Waals surface area contributed by atoms with Gasteiger partial charge in [0, 0.05) is 29.7 Å². The van der Waals surface area contributed by atoms with Crippen LogP contribution in [-0.2, 0) is 22.7 Å². The highest BCUT2D eigenvalue weighted by atomic mass is 32.2. The van der Waals surface area contributed by atoms with Gasteiger partial charge in [0.1, 0.15) is 0 Å². The number of rotatable bonds is 6. The van der Waals surface area contributed by atoms with E-state index in [-0.39, 0.29) is 16.2 Å². The van der Waals surface area contributed by atoms with Crippen molar-refractivity contribution in [3.8, 4) is 11.1 Å². The summed E-state index contributed by atoms with van der Waals surface area (Å²) in [5.74, 6) is 0. The van der Waals surface area contributed by atoms with Gasteiger partial charge in [0.25, 0.3) is 0 Å². The number of nitrogens with zero attached hydrogens (tertiary/aromatic N) is 1. The van der Waals surface area contributed by atoms with Crippen LogP contribution >= 0.6 is 0 Å². The topological polar surface area (TPSA) is 51.1 Å². The number of halogens is 3. The molecule has 1 N–H and O–H groups in total. The van der Waals surface area contributed by atoms with Crippen LogP contribution in [0.25, 0.3) is 22.0 Å². The number of nitrogens with one attached hydrogen (secondary N) is 1. The van der Waals surface area contributed by atoms with Crippen molar-refractivity contribution in [2.75, 3.05) is 0 Å². The summed E-state index contributed by atoms with van der Waals surface area (Å²) < 4.78 is 70.6. The maximum absolute atomic E-state index is 13.6. The van der Waals surface area contributed by atoms with E-state index in [4.69, 9.17) is 0 Å². The van der Waals surface area contributed by atoms with Gasteiger partial charge >= 0.3 is 6.18 Å². The zero-order valence-corrected chi connectivity index (χ0v) is 20.0. The number of fused-ring (bicyclic) bond motifs is 1. The zero-order chi connectivity index (χ0) is 24.2. The minimum Gasteiger partial charge on any atom is -0.347 e. The zero-order valence-electron chi connectivity index (χ0n) is 19.2. The first kappa shape index (κ1) is 23.8. The molecule has 1 heterocycles. The average molecular weight is 479 g/mol. The summed E-state index contributed by atoms with van der Waals surface area (Å²) in [6, 6.07) is 10.4. The normalized spacial score (nSPS) is 16.3. The lowest BCUT2D eigenvalue weighted by molar-refractivity contribution is -0.137. The third-order valence-corrected chi connectivity index (χ3v) is 7.90. The second kappa shape index (κ2) is 8.17. The number of alkyl halides is 3. The molecule has 0 saturated heterocycles. The van der Waals surface area contributed by atoms with Crippen molar-refractivity contribution in [3.05, 3.63) is 59.8 Å². The minimum atomic E-state index is -4.46. The summed E-state index contributed by atoms with van der Waals surface area (Å²) in [7, 11) is -3.39. The molecule has 1 fully saturated rings. The lowest BCUT2D eigenvalue weighted by Crippen LogP contribution is -2.29. The fourth-order valence-electron chi connectivity index (χ4n) is 4.24. The van der Waals surface area contributed by atoms with E-state index >= 15 is 0 Å². The maximum atomic E-state index is 13.6. The summed E-state index contributed by atoms with van der Waals surface area (Å²) in [6.07, 6.45) is -1.18. The first-order valence-electron chi connectivity index (χ1n) is 11.1. The minimum absolute atomic E-state index is 0.0835. The predicted octanol–water partition coefficient (Wildman–Crippen LogP) is 6.52. The Kier molecular flexibility index (Phi) is 5.90. The molecule has 3 aromatic rings. The van der Waals surface area contributed by atoms with Gasteiger partial charge < -0.3 is 4.57 Å². The molecule has 33 heavy (non-hydrogen) atoms. The van der Waals surface area contributed by atoms with Crippen molar-refractivity contribution >= 4 is 20.9 Å². The van der Waals surface area contributed by atoms with Crippen molar-refractivity contribution in [3.63, 3.8) is 0 Å². The molecule has 0 spiro atoms. The molecule has 0 radical (unpaired) electrons. The van der Waals surface area contributed by atoms with Crippen molar-refractivity contribution < 1.29 is 21.6 Å². The molecule has 0 amide bonds. The fourth-order valence-corrected chi connectivity index (χ4v) is 5.81. The van der Waals surface area contributed by atoms with Gasteiger partial charge in [-0.1, -0.05) is 51.1 Å². The summed E-state index contributed by atoms with van der Waals surface area (Å²) >= 11 is 0. The van der Waals surface area contributed by atoms with Gasteiger partial charge in [0.15, 0.2) is 0 Å². The summed E-state index contributed by atoms with van der Waals surface area (Å²) in [5.41, 5.74) is 1.44. The van der Waals surface area contributed by atoms with E-state index in [1.54, 1.807) is 24.3 Å². The molecule has 4 rings (SSSR count). The van der Waals surface area contributed by atoms with Crippen molar-refractivity contribution in [1.82, 2.24) is 9.29 Å². The Hall–Kier alpha value is -2.32. The fraction of sp³-hybridized carbons (Fsp3) is 0.440. The SMILES string of the molecule is C[C@@H](NS(=O)(=O)C1CC1)c1cn(CC(C)(C)C)c2cc(-c3ccccc3C(F)(F)F)ccc12. The van der Waals surface area contributed by atoms with Gasteiger partial charge in [0.05, 0.1) is 10.8 Å². The number of benzene rings is 2. The van der Waals surface area contributed by atoms with Crippen LogP contribution in [0.2, 0.25) is 0 Å². The molecule has 178 valence electrons. The first-order chi connectivity index (χ1) is 15.3. The molecule has 1 aliphatic carbocycles. The number of sulfonamides is 1. The highest BCUT2D eigenvalue weighted by Gasteiger charge is 2.37. The second-order valence-electron chi connectivity index (χ2n) is 10.1. The number of aromatic nitrogens is 1. The Bertz CT molecular complexity index is 1280. The quantitative estimate of drug-likeness (QED) is 0.439. The molecule has 1 atom stereocenters. The van der Waals surface area contributed by atoms with Crippen molar-refractivity contribution in [2.24, 2.45) is 5.41 Å². The Balaban J connectivity index is 1.83. The first-order valence-corrected chi connectivity index (χ1v) is 12.6. The summed E-state index contributed by atoms with van der Waals surface area (Å²) in [6.45, 7) is 8.70. The van der Waals surface area contributed by atoms with Crippen molar-refractivity contribution in [1.29, 1.82) is 0 Å². The van der Waals surface area contributed by atoms with E-state index in [9.17, 15) is 21.6 Å². The lowest BCUT2D eigenvalue weighted by atomic mass is 9.96. The van der Waals surface area contributed by atoms with Gasteiger partial charge in [-0.2, -0.15) is 13.2 Å². The molecule has 1 saturated carbocycles. The largest absolute Gasteiger partial charge is 0.417 e. The molecule has 1 aliphatic rings. The van der Waals surface area contributed by atoms with Crippen LogP contribution in [0.15, 0.2) is 48.7 Å². The maximum Gasteiger partial charge on any atom is 0.417 e. The number of hydrogen-bond acceptors (Lipinski definition) is 2. The molecule has 2 aromatic carbocycles. The van der Waals surface area contributed by atoms with Crippen LogP contribution in [0, 0.1) is 5.41 Å². The third-order valence-electron chi connectivity index (χ3n) is 5.87. The van der Waals surface area contributed by atoms with Crippen LogP contribution in [0.5, 0.6) is 0 Å². The number of hydrogen-bond donors (Lipinski definition) is 1. The van der Waals surface area contributed by atoms with E-state index in [1.165, 1.54) is 12.1 Å². The van der Waals surface area contributed by atoms with E-state index in [0.29, 0.717) is 24.9 Å². The summed E-state index contributed by atoms with van der Waals surface area (Å²) in [5, 5.41) is 0.506. The van der Waals surface area contributed by atoms with Crippen LogP contribution in [-0.4, -0.2) is 18.2 Å². The van der Waals surface area contributed by atoms with Crippen LogP contribution in [0.4, 0.5) is 13.2 Å². The smallest absolute Gasteiger partial charge is 0.347 e. The van der Waals surface area contributed by atoms with Gasteiger partial charge in [-0.15, -0.1) is 0 Å². The highest BCUT2D eigenvalue weighted by molar-refractivity contribution is 7.90. The lowest BCUT2D eigenvalue weighted by Gasteiger charge is -2.20. The molecule has 4 nitrogen and oxygen atoms in total. The van der Waals surface area contributed by atoms with Gasteiger partial charge in [0.2, 0.25) is 10.0 Å². The average Bonchev–Trinajstić information content (AvgIpc) is 3.50. The van der Waals surface area contributed by atoms with Gasteiger partial charge in [-0.3, -0.25) is 0 Å². The molecular weight excluding hydrogens is 449 g/mol. The Morgan fingerprint density at radius 1 is 1.09 bits per heavy atom.